The van der Waals surface area contributed by atoms with Crippen LogP contribution < -0.4 is 0 Å². The van der Waals surface area contributed by atoms with Crippen molar-refractivity contribution < 1.29 is 4.79 Å². The first-order valence-electron chi connectivity index (χ1n) is 7.11. The Labute approximate surface area is 115 Å². The molecule has 0 bridgehead atoms. The van der Waals surface area contributed by atoms with Crippen LogP contribution in [-0.2, 0) is 4.79 Å². The molecule has 0 saturated heterocycles. The molecule has 2 aliphatic rings. The number of nitrogens with zero attached hydrogens (tertiary/aromatic N) is 1. The molecule has 100 valence electrons. The van der Waals surface area contributed by atoms with E-state index >= 15 is 0 Å². The van der Waals surface area contributed by atoms with Crippen LogP contribution >= 0.6 is 0 Å². The van der Waals surface area contributed by atoms with Gasteiger partial charge in [-0.3, -0.25) is 4.79 Å². The van der Waals surface area contributed by atoms with E-state index in [1.54, 1.807) is 0 Å². The molecule has 0 N–H and O–H groups in total. The SMILES string of the molecule is CC1(C)CC1C(=O)N1CC=C(c2ccccc2)CC1. The van der Waals surface area contributed by atoms with Crippen LogP contribution in [0.3, 0.4) is 0 Å². The van der Waals surface area contributed by atoms with Crippen LogP contribution in [0, 0.1) is 11.3 Å². The fourth-order valence-corrected chi connectivity index (χ4v) is 2.89. The van der Waals surface area contributed by atoms with Crippen LogP contribution in [0.4, 0.5) is 0 Å². The number of benzene rings is 1. The molecule has 2 nitrogen and oxygen atoms in total. The lowest BCUT2D eigenvalue weighted by Crippen LogP contribution is -2.36. The van der Waals surface area contributed by atoms with E-state index < -0.39 is 0 Å². The van der Waals surface area contributed by atoms with Gasteiger partial charge in [0, 0.05) is 19.0 Å². The van der Waals surface area contributed by atoms with Crippen molar-refractivity contribution in [2.45, 2.75) is 26.7 Å². The average molecular weight is 255 g/mol. The minimum absolute atomic E-state index is 0.237. The molecule has 1 amide bonds. The third kappa shape index (κ3) is 2.44. The van der Waals surface area contributed by atoms with Crippen LogP contribution in [-0.4, -0.2) is 23.9 Å². The lowest BCUT2D eigenvalue weighted by molar-refractivity contribution is -0.132. The molecule has 1 aliphatic heterocycles. The van der Waals surface area contributed by atoms with Gasteiger partial charge < -0.3 is 4.90 Å². The van der Waals surface area contributed by atoms with E-state index in [0.29, 0.717) is 5.91 Å². The first-order chi connectivity index (χ1) is 9.08. The number of carbonyl (C=O) groups excluding carboxylic acids is 1. The molecule has 1 saturated carbocycles. The van der Waals surface area contributed by atoms with Gasteiger partial charge in [0.25, 0.3) is 0 Å². The van der Waals surface area contributed by atoms with Gasteiger partial charge in [0.05, 0.1) is 0 Å². The number of hydrogen-bond acceptors (Lipinski definition) is 1. The van der Waals surface area contributed by atoms with Gasteiger partial charge >= 0.3 is 0 Å². The summed E-state index contributed by atoms with van der Waals surface area (Å²) in [5, 5.41) is 0. The van der Waals surface area contributed by atoms with Crippen LogP contribution in [0.15, 0.2) is 36.4 Å². The van der Waals surface area contributed by atoms with Gasteiger partial charge in [-0.15, -0.1) is 0 Å². The molecule has 1 heterocycles. The summed E-state index contributed by atoms with van der Waals surface area (Å²) in [5.74, 6) is 0.618. The predicted octanol–water partition coefficient (Wildman–Crippen LogP) is 3.35. The third-order valence-corrected chi connectivity index (χ3v) is 4.48. The molecule has 1 unspecified atom stereocenters. The summed E-state index contributed by atoms with van der Waals surface area (Å²) in [6.45, 7) is 6.01. The van der Waals surface area contributed by atoms with Crippen LogP contribution in [0.2, 0.25) is 0 Å². The quantitative estimate of drug-likeness (QED) is 0.793. The van der Waals surface area contributed by atoms with E-state index in [1.807, 2.05) is 11.0 Å². The van der Waals surface area contributed by atoms with Crippen molar-refractivity contribution >= 4 is 11.5 Å². The second-order valence-electron chi connectivity index (χ2n) is 6.37. The van der Waals surface area contributed by atoms with Crippen molar-refractivity contribution in [2.24, 2.45) is 11.3 Å². The second kappa shape index (κ2) is 4.52. The number of hydrogen-bond donors (Lipinski definition) is 0. The Morgan fingerprint density at radius 3 is 2.47 bits per heavy atom. The van der Waals surface area contributed by atoms with Crippen molar-refractivity contribution in [1.29, 1.82) is 0 Å². The number of carbonyl (C=O) groups is 1. The highest BCUT2D eigenvalue weighted by molar-refractivity contribution is 5.83. The standard InChI is InChI=1S/C17H21NO/c1-17(2)12-15(17)16(19)18-10-8-14(9-11-18)13-6-4-3-5-7-13/h3-8,15H,9-12H2,1-2H3. The molecular weight excluding hydrogens is 234 g/mol. The smallest absolute Gasteiger partial charge is 0.226 e. The average Bonchev–Trinajstić information content (AvgIpc) is 3.08. The van der Waals surface area contributed by atoms with Crippen molar-refractivity contribution in [1.82, 2.24) is 4.90 Å². The van der Waals surface area contributed by atoms with E-state index in [2.05, 4.69) is 44.2 Å². The molecule has 0 spiro atoms. The van der Waals surface area contributed by atoms with E-state index in [1.165, 1.54) is 11.1 Å². The van der Waals surface area contributed by atoms with Crippen molar-refractivity contribution in [3.63, 3.8) is 0 Å². The van der Waals surface area contributed by atoms with Crippen molar-refractivity contribution in [3.05, 3.63) is 42.0 Å². The predicted molar refractivity (Wildman–Crippen MR) is 77.5 cm³/mol. The van der Waals surface area contributed by atoms with Crippen LogP contribution in [0.5, 0.6) is 0 Å². The van der Waals surface area contributed by atoms with Gasteiger partial charge in [0.2, 0.25) is 5.91 Å². The molecule has 1 aromatic rings. The Hall–Kier alpha value is -1.57. The minimum atomic E-state index is 0.237. The fraction of sp³-hybridized carbons (Fsp3) is 0.471. The second-order valence-corrected chi connectivity index (χ2v) is 6.37. The zero-order valence-electron chi connectivity index (χ0n) is 11.7. The van der Waals surface area contributed by atoms with Crippen LogP contribution in [0.1, 0.15) is 32.3 Å². The molecule has 1 atom stereocenters. The zero-order chi connectivity index (χ0) is 13.5. The van der Waals surface area contributed by atoms with E-state index in [9.17, 15) is 4.79 Å². The largest absolute Gasteiger partial charge is 0.338 e. The summed E-state index contributed by atoms with van der Waals surface area (Å²) in [5.41, 5.74) is 2.90. The van der Waals surface area contributed by atoms with Gasteiger partial charge in [-0.05, 0) is 29.4 Å². The Morgan fingerprint density at radius 2 is 1.95 bits per heavy atom. The topological polar surface area (TPSA) is 20.3 Å². The first-order valence-corrected chi connectivity index (χ1v) is 7.11. The highest BCUT2D eigenvalue weighted by Crippen LogP contribution is 2.52. The van der Waals surface area contributed by atoms with Gasteiger partial charge in [0.15, 0.2) is 0 Å². The Balaban J connectivity index is 1.66. The maximum absolute atomic E-state index is 12.3. The minimum Gasteiger partial charge on any atom is -0.338 e. The lowest BCUT2D eigenvalue weighted by atomic mass is 9.99. The lowest BCUT2D eigenvalue weighted by Gasteiger charge is -2.27. The Bertz CT molecular complexity index is 515. The molecule has 1 aromatic carbocycles. The van der Waals surface area contributed by atoms with Gasteiger partial charge in [-0.2, -0.15) is 0 Å². The molecule has 2 heteroatoms. The molecule has 1 fully saturated rings. The normalized spacial score (nSPS) is 24.8. The summed E-state index contributed by atoms with van der Waals surface area (Å²) in [6.07, 6.45) is 4.24. The number of rotatable bonds is 2. The summed E-state index contributed by atoms with van der Waals surface area (Å²) in [7, 11) is 0. The molecule has 3 rings (SSSR count). The molecule has 0 aromatic heterocycles. The monoisotopic (exact) mass is 255 g/mol. The van der Waals surface area contributed by atoms with Crippen molar-refractivity contribution in [2.75, 3.05) is 13.1 Å². The molecule has 19 heavy (non-hydrogen) atoms. The third-order valence-electron chi connectivity index (χ3n) is 4.48. The molecular formula is C17H21NO. The fourth-order valence-electron chi connectivity index (χ4n) is 2.89. The van der Waals surface area contributed by atoms with Gasteiger partial charge in [0.1, 0.15) is 0 Å². The summed E-state index contributed by atoms with van der Waals surface area (Å²) in [6, 6.07) is 10.5. The maximum atomic E-state index is 12.3. The number of amides is 1. The first kappa shape index (κ1) is 12.5. The molecule has 1 aliphatic carbocycles. The Morgan fingerprint density at radius 1 is 1.26 bits per heavy atom. The van der Waals surface area contributed by atoms with E-state index in [4.69, 9.17) is 0 Å². The summed E-state index contributed by atoms with van der Waals surface area (Å²) in [4.78, 5) is 14.3. The highest BCUT2D eigenvalue weighted by Gasteiger charge is 2.51. The summed E-state index contributed by atoms with van der Waals surface area (Å²) < 4.78 is 0. The maximum Gasteiger partial charge on any atom is 0.226 e. The molecule has 0 radical (unpaired) electrons. The van der Waals surface area contributed by atoms with Gasteiger partial charge in [-0.1, -0.05) is 50.3 Å². The van der Waals surface area contributed by atoms with Crippen LogP contribution in [0.25, 0.3) is 5.57 Å². The summed E-state index contributed by atoms with van der Waals surface area (Å²) >= 11 is 0. The zero-order valence-corrected chi connectivity index (χ0v) is 11.7. The van der Waals surface area contributed by atoms with Gasteiger partial charge in [-0.25, -0.2) is 0 Å². The van der Waals surface area contributed by atoms with Crippen molar-refractivity contribution in [3.8, 4) is 0 Å². The van der Waals surface area contributed by atoms with E-state index in [-0.39, 0.29) is 11.3 Å². The highest BCUT2D eigenvalue weighted by atomic mass is 16.2. The van der Waals surface area contributed by atoms with E-state index in [0.717, 1.165) is 25.9 Å². The Kier molecular flexibility index (Phi) is 2.96.